The molecule has 0 aliphatic carbocycles. The Balaban J connectivity index is 3.03. The monoisotopic (exact) mass is 257 g/mol. The molecule has 92 valence electrons. The van der Waals surface area contributed by atoms with Crippen molar-refractivity contribution in [2.45, 2.75) is 13.0 Å². The lowest BCUT2D eigenvalue weighted by Gasteiger charge is -2.09. The van der Waals surface area contributed by atoms with Gasteiger partial charge in [-0.2, -0.15) is 0 Å². The van der Waals surface area contributed by atoms with Gasteiger partial charge in [-0.25, -0.2) is 0 Å². The van der Waals surface area contributed by atoms with Crippen LogP contribution in [0.15, 0.2) is 18.2 Å². The molecule has 1 amide bonds. The third-order valence-corrected chi connectivity index (χ3v) is 2.31. The van der Waals surface area contributed by atoms with Crippen LogP contribution < -0.4 is 11.1 Å². The molecule has 0 saturated heterocycles. The molecule has 0 aromatic heterocycles. The molecular weight excluding hydrogens is 246 g/mol. The minimum Gasteiger partial charge on any atom is -0.350 e. The number of rotatable bonds is 4. The van der Waals surface area contributed by atoms with E-state index >= 15 is 0 Å². The molecule has 0 heterocycles. The van der Waals surface area contributed by atoms with Crippen LogP contribution in [0.3, 0.4) is 0 Å². The summed E-state index contributed by atoms with van der Waals surface area (Å²) in [6.07, 6.45) is 0. The number of carbonyl (C=O) groups excluding carboxylic acids is 1. The van der Waals surface area contributed by atoms with Crippen molar-refractivity contribution >= 4 is 23.2 Å². The molecule has 3 N–H and O–H groups in total. The number of nitrogens with two attached hydrogens (primary N) is 1. The first kappa shape index (κ1) is 13.4. The quantitative estimate of drug-likeness (QED) is 0.628. The van der Waals surface area contributed by atoms with Crippen LogP contribution in [0.4, 0.5) is 5.69 Å². The minimum atomic E-state index is -0.646. The Morgan fingerprint density at radius 1 is 1.65 bits per heavy atom. The molecule has 0 spiro atoms. The van der Waals surface area contributed by atoms with E-state index < -0.39 is 10.8 Å². The van der Waals surface area contributed by atoms with Gasteiger partial charge in [0.05, 0.1) is 9.95 Å². The van der Waals surface area contributed by atoms with Gasteiger partial charge in [-0.05, 0) is 13.0 Å². The van der Waals surface area contributed by atoms with E-state index in [4.69, 9.17) is 17.3 Å². The summed E-state index contributed by atoms with van der Waals surface area (Å²) in [7, 11) is 0. The van der Waals surface area contributed by atoms with Gasteiger partial charge in [0, 0.05) is 18.7 Å². The second-order valence-corrected chi connectivity index (χ2v) is 3.99. The SMILES string of the molecule is CC(N)CNC(=O)c1c(Cl)cccc1[N+](=O)[O-]. The summed E-state index contributed by atoms with van der Waals surface area (Å²) in [5, 5.41) is 13.3. The lowest BCUT2D eigenvalue weighted by atomic mass is 10.1. The molecule has 1 aromatic rings. The van der Waals surface area contributed by atoms with Gasteiger partial charge in [-0.1, -0.05) is 17.7 Å². The number of hydrogen-bond donors (Lipinski definition) is 2. The maximum absolute atomic E-state index is 11.7. The van der Waals surface area contributed by atoms with Gasteiger partial charge in [0.25, 0.3) is 11.6 Å². The number of nitro groups is 1. The zero-order valence-electron chi connectivity index (χ0n) is 9.14. The molecule has 1 unspecified atom stereocenters. The Hall–Kier alpha value is -1.66. The predicted octanol–water partition coefficient (Wildman–Crippen LogP) is 1.33. The number of benzene rings is 1. The van der Waals surface area contributed by atoms with Crippen LogP contribution in [0, 0.1) is 10.1 Å². The average Bonchev–Trinajstić information content (AvgIpc) is 2.25. The highest BCUT2D eigenvalue weighted by Gasteiger charge is 2.22. The van der Waals surface area contributed by atoms with Crippen molar-refractivity contribution in [3.63, 3.8) is 0 Å². The highest BCUT2D eigenvalue weighted by Crippen LogP contribution is 2.25. The average molecular weight is 258 g/mol. The third-order valence-electron chi connectivity index (χ3n) is 2.00. The van der Waals surface area contributed by atoms with E-state index in [0.717, 1.165) is 0 Å². The largest absolute Gasteiger partial charge is 0.350 e. The standard InChI is InChI=1S/C10H12ClN3O3/c1-6(12)5-13-10(15)9-7(11)3-2-4-8(9)14(16)17/h2-4,6H,5,12H2,1H3,(H,13,15). The fourth-order valence-corrected chi connectivity index (χ4v) is 1.49. The topological polar surface area (TPSA) is 98.3 Å². The molecule has 1 aromatic carbocycles. The fraction of sp³-hybridized carbons (Fsp3) is 0.300. The number of hydrogen-bond acceptors (Lipinski definition) is 4. The van der Waals surface area contributed by atoms with Crippen LogP contribution in [0.2, 0.25) is 5.02 Å². The Kier molecular flexibility index (Phi) is 4.42. The number of nitrogens with zero attached hydrogens (tertiary/aromatic N) is 1. The third kappa shape index (κ3) is 3.40. The number of carbonyl (C=O) groups is 1. The van der Waals surface area contributed by atoms with Crippen molar-refractivity contribution in [2.24, 2.45) is 5.73 Å². The van der Waals surface area contributed by atoms with Crippen LogP contribution in [0.5, 0.6) is 0 Å². The molecule has 0 aliphatic heterocycles. The van der Waals surface area contributed by atoms with Gasteiger partial charge in [-0.15, -0.1) is 0 Å². The highest BCUT2D eigenvalue weighted by atomic mass is 35.5. The van der Waals surface area contributed by atoms with Crippen molar-refractivity contribution in [3.05, 3.63) is 38.9 Å². The summed E-state index contributed by atoms with van der Waals surface area (Å²) in [6.45, 7) is 1.93. The van der Waals surface area contributed by atoms with E-state index in [1.165, 1.54) is 18.2 Å². The molecule has 0 bridgehead atoms. The fourth-order valence-electron chi connectivity index (χ4n) is 1.23. The van der Waals surface area contributed by atoms with E-state index in [1.807, 2.05) is 0 Å². The van der Waals surface area contributed by atoms with Crippen molar-refractivity contribution in [1.82, 2.24) is 5.32 Å². The Morgan fingerprint density at radius 3 is 2.82 bits per heavy atom. The Labute approximate surface area is 103 Å². The van der Waals surface area contributed by atoms with Gasteiger partial charge >= 0.3 is 0 Å². The Bertz CT molecular complexity index is 448. The molecule has 17 heavy (non-hydrogen) atoms. The molecule has 0 fully saturated rings. The zero-order chi connectivity index (χ0) is 13.0. The van der Waals surface area contributed by atoms with E-state index in [9.17, 15) is 14.9 Å². The molecule has 7 heteroatoms. The van der Waals surface area contributed by atoms with E-state index in [-0.39, 0.29) is 28.9 Å². The van der Waals surface area contributed by atoms with Crippen LogP contribution in [-0.4, -0.2) is 23.4 Å². The molecular formula is C10H12ClN3O3. The summed E-state index contributed by atoms with van der Waals surface area (Å²) in [5.74, 6) is -0.598. The molecule has 6 nitrogen and oxygen atoms in total. The van der Waals surface area contributed by atoms with Crippen LogP contribution in [0.1, 0.15) is 17.3 Å². The number of amides is 1. The predicted molar refractivity (Wildman–Crippen MR) is 64.1 cm³/mol. The number of halogens is 1. The van der Waals surface area contributed by atoms with Crippen molar-refractivity contribution in [1.29, 1.82) is 0 Å². The molecule has 1 rings (SSSR count). The summed E-state index contributed by atoms with van der Waals surface area (Å²) in [5.41, 5.74) is 5.01. The highest BCUT2D eigenvalue weighted by molar-refractivity contribution is 6.34. The number of nitrogens with one attached hydrogen (secondary N) is 1. The first-order valence-electron chi connectivity index (χ1n) is 4.90. The van der Waals surface area contributed by atoms with Crippen molar-refractivity contribution in [2.75, 3.05) is 6.54 Å². The first-order chi connectivity index (χ1) is 7.93. The van der Waals surface area contributed by atoms with E-state index in [0.29, 0.717) is 0 Å². The maximum Gasteiger partial charge on any atom is 0.283 e. The maximum atomic E-state index is 11.7. The Morgan fingerprint density at radius 2 is 2.29 bits per heavy atom. The number of nitro benzene ring substituents is 1. The van der Waals surface area contributed by atoms with E-state index in [1.54, 1.807) is 6.92 Å². The van der Waals surface area contributed by atoms with Crippen molar-refractivity contribution in [3.8, 4) is 0 Å². The van der Waals surface area contributed by atoms with Gasteiger partial charge in [-0.3, -0.25) is 14.9 Å². The second-order valence-electron chi connectivity index (χ2n) is 3.58. The second kappa shape index (κ2) is 5.60. The van der Waals surface area contributed by atoms with E-state index in [2.05, 4.69) is 5.32 Å². The molecule has 0 radical (unpaired) electrons. The lowest BCUT2D eigenvalue weighted by molar-refractivity contribution is -0.385. The van der Waals surface area contributed by atoms with Gasteiger partial charge in [0.1, 0.15) is 5.56 Å². The zero-order valence-corrected chi connectivity index (χ0v) is 9.90. The smallest absolute Gasteiger partial charge is 0.283 e. The van der Waals surface area contributed by atoms with Crippen LogP contribution in [0.25, 0.3) is 0 Å². The van der Waals surface area contributed by atoms with Gasteiger partial charge < -0.3 is 11.1 Å². The lowest BCUT2D eigenvalue weighted by Crippen LogP contribution is -2.35. The van der Waals surface area contributed by atoms with Gasteiger partial charge in [0.2, 0.25) is 0 Å². The van der Waals surface area contributed by atoms with Crippen LogP contribution in [-0.2, 0) is 0 Å². The summed E-state index contributed by atoms with van der Waals surface area (Å²) >= 11 is 5.79. The summed E-state index contributed by atoms with van der Waals surface area (Å²) in [4.78, 5) is 21.9. The summed E-state index contributed by atoms with van der Waals surface area (Å²) in [6, 6.07) is 3.84. The molecule has 0 saturated carbocycles. The van der Waals surface area contributed by atoms with Gasteiger partial charge in [0.15, 0.2) is 0 Å². The normalized spacial score (nSPS) is 11.9. The molecule has 0 aliphatic rings. The van der Waals surface area contributed by atoms with Crippen molar-refractivity contribution < 1.29 is 9.72 Å². The van der Waals surface area contributed by atoms with Crippen LogP contribution >= 0.6 is 11.6 Å². The molecule has 1 atom stereocenters. The minimum absolute atomic E-state index is 0.0429. The summed E-state index contributed by atoms with van der Waals surface area (Å²) < 4.78 is 0. The first-order valence-corrected chi connectivity index (χ1v) is 5.28.